The van der Waals surface area contributed by atoms with Gasteiger partial charge in [0, 0.05) is 10.6 Å². The fourth-order valence-corrected chi connectivity index (χ4v) is 3.11. The number of amides is 1. The number of methoxy groups -OCH3 is 1. The van der Waals surface area contributed by atoms with E-state index < -0.39 is 0 Å². The van der Waals surface area contributed by atoms with Gasteiger partial charge in [-0.15, -0.1) is 0 Å². The summed E-state index contributed by atoms with van der Waals surface area (Å²) < 4.78 is 7.21. The van der Waals surface area contributed by atoms with Crippen LogP contribution in [0.1, 0.15) is 18.5 Å². The molecule has 1 aromatic heterocycles. The van der Waals surface area contributed by atoms with Crippen LogP contribution in [0, 0.1) is 4.77 Å². The third kappa shape index (κ3) is 4.56. The van der Waals surface area contributed by atoms with Gasteiger partial charge >= 0.3 is 0 Å². The molecule has 3 aromatic rings. The number of H-pyrrole nitrogens is 1. The number of aromatic nitrogens is 3. The molecule has 0 aliphatic carbocycles. The lowest BCUT2D eigenvalue weighted by Gasteiger charge is -2.15. The lowest BCUT2D eigenvalue weighted by molar-refractivity contribution is -0.122. The molecule has 2 N–H and O–H groups in total. The summed E-state index contributed by atoms with van der Waals surface area (Å²) in [6.07, 6.45) is 0. The number of halogens is 1. The van der Waals surface area contributed by atoms with Gasteiger partial charge in [-0.2, -0.15) is 5.10 Å². The fourth-order valence-electron chi connectivity index (χ4n) is 2.71. The van der Waals surface area contributed by atoms with Crippen LogP contribution < -0.4 is 10.1 Å². The summed E-state index contributed by atoms with van der Waals surface area (Å²) in [7, 11) is 1.61. The van der Waals surface area contributed by atoms with Crippen molar-refractivity contribution in [1.29, 1.82) is 0 Å². The topological polar surface area (TPSA) is 71.9 Å². The molecule has 3 rings (SSSR count). The van der Waals surface area contributed by atoms with E-state index in [4.69, 9.17) is 28.6 Å². The summed E-state index contributed by atoms with van der Waals surface area (Å²) in [4.78, 5) is 12.5. The van der Waals surface area contributed by atoms with Crippen LogP contribution in [0.15, 0.2) is 48.5 Å². The van der Waals surface area contributed by atoms with Crippen molar-refractivity contribution in [2.75, 3.05) is 7.11 Å². The maximum atomic E-state index is 12.5. The molecule has 0 fully saturated rings. The first-order valence-electron chi connectivity index (χ1n) is 8.32. The fraction of sp³-hybridized carbons (Fsp3) is 0.211. The molecule has 140 valence electrons. The van der Waals surface area contributed by atoms with Crippen LogP contribution in [-0.4, -0.2) is 27.8 Å². The number of nitrogens with zero attached hydrogens (tertiary/aromatic N) is 2. The number of nitrogens with one attached hydrogen (secondary N) is 2. The summed E-state index contributed by atoms with van der Waals surface area (Å²) >= 11 is 11.3. The summed E-state index contributed by atoms with van der Waals surface area (Å²) in [5, 5.41) is 10.6. The molecule has 8 heteroatoms. The predicted molar refractivity (Wildman–Crippen MR) is 107 cm³/mol. The van der Waals surface area contributed by atoms with E-state index in [-0.39, 0.29) is 18.5 Å². The first-order chi connectivity index (χ1) is 13.0. The quantitative estimate of drug-likeness (QED) is 0.607. The Hall–Kier alpha value is -2.64. The van der Waals surface area contributed by atoms with Crippen LogP contribution >= 0.6 is 23.8 Å². The van der Waals surface area contributed by atoms with Crippen LogP contribution in [-0.2, 0) is 11.3 Å². The molecule has 0 saturated carbocycles. The van der Waals surface area contributed by atoms with Crippen LogP contribution in [0.5, 0.6) is 5.75 Å². The Morgan fingerprint density at radius 2 is 2.07 bits per heavy atom. The first-order valence-corrected chi connectivity index (χ1v) is 9.11. The molecule has 0 spiro atoms. The van der Waals surface area contributed by atoms with Gasteiger partial charge in [0.15, 0.2) is 10.6 Å². The van der Waals surface area contributed by atoms with Gasteiger partial charge in [-0.05, 0) is 61.1 Å². The number of hydrogen-bond donors (Lipinski definition) is 2. The molecule has 1 heterocycles. The number of aromatic amines is 1. The Kier molecular flexibility index (Phi) is 5.93. The van der Waals surface area contributed by atoms with E-state index in [0.29, 0.717) is 15.6 Å². The monoisotopic (exact) mass is 402 g/mol. The van der Waals surface area contributed by atoms with Crippen molar-refractivity contribution in [2.24, 2.45) is 0 Å². The van der Waals surface area contributed by atoms with E-state index in [1.54, 1.807) is 17.7 Å². The lowest BCUT2D eigenvalue weighted by Crippen LogP contribution is -2.30. The van der Waals surface area contributed by atoms with Crippen LogP contribution in [0.2, 0.25) is 5.02 Å². The van der Waals surface area contributed by atoms with Crippen molar-refractivity contribution in [3.05, 3.63) is 63.9 Å². The van der Waals surface area contributed by atoms with E-state index in [1.807, 2.05) is 49.4 Å². The number of ether oxygens (including phenoxy) is 1. The number of rotatable bonds is 6. The summed E-state index contributed by atoms with van der Waals surface area (Å²) in [6, 6.07) is 14.6. The highest BCUT2D eigenvalue weighted by Gasteiger charge is 2.15. The van der Waals surface area contributed by atoms with Crippen LogP contribution in [0.25, 0.3) is 11.4 Å². The maximum absolute atomic E-state index is 12.5. The normalized spacial score (nSPS) is 11.8. The molecule has 0 bridgehead atoms. The summed E-state index contributed by atoms with van der Waals surface area (Å²) in [5.74, 6) is 1.16. The Morgan fingerprint density at radius 1 is 1.33 bits per heavy atom. The van der Waals surface area contributed by atoms with Gasteiger partial charge < -0.3 is 10.1 Å². The van der Waals surface area contributed by atoms with Gasteiger partial charge in [0.25, 0.3) is 0 Å². The number of carbonyl (C=O) groups is 1. The number of hydrogen-bond acceptors (Lipinski definition) is 4. The van der Waals surface area contributed by atoms with E-state index in [0.717, 1.165) is 16.9 Å². The van der Waals surface area contributed by atoms with Gasteiger partial charge in [-0.1, -0.05) is 23.7 Å². The Bertz CT molecular complexity index is 997. The smallest absolute Gasteiger partial charge is 0.240 e. The second-order valence-electron chi connectivity index (χ2n) is 6.01. The van der Waals surface area contributed by atoms with Crippen molar-refractivity contribution in [2.45, 2.75) is 19.5 Å². The Morgan fingerprint density at radius 3 is 2.74 bits per heavy atom. The van der Waals surface area contributed by atoms with E-state index in [9.17, 15) is 4.79 Å². The molecule has 6 nitrogen and oxygen atoms in total. The molecule has 0 aliphatic rings. The average molecular weight is 403 g/mol. The SMILES string of the molecule is COc1ccc(-c2n[nH]c(=S)n2CC(=O)N[C@H](C)c2cccc(Cl)c2)cc1. The van der Waals surface area contributed by atoms with Gasteiger partial charge in [0.05, 0.1) is 13.2 Å². The predicted octanol–water partition coefficient (Wildman–Crippen LogP) is 4.15. The number of benzene rings is 2. The minimum atomic E-state index is -0.179. The van der Waals surface area contributed by atoms with Crippen molar-refractivity contribution in [3.8, 4) is 17.1 Å². The molecule has 0 unspecified atom stereocenters. The van der Waals surface area contributed by atoms with Gasteiger partial charge in [0.2, 0.25) is 5.91 Å². The highest BCUT2D eigenvalue weighted by molar-refractivity contribution is 7.71. The minimum Gasteiger partial charge on any atom is -0.497 e. The van der Waals surface area contributed by atoms with E-state index in [2.05, 4.69) is 15.5 Å². The molecular weight excluding hydrogens is 384 g/mol. The molecule has 0 aliphatic heterocycles. The average Bonchev–Trinajstić information content (AvgIpc) is 3.02. The van der Waals surface area contributed by atoms with Gasteiger partial charge in [-0.3, -0.25) is 14.5 Å². The third-order valence-corrected chi connectivity index (χ3v) is 4.68. The maximum Gasteiger partial charge on any atom is 0.240 e. The number of carbonyl (C=O) groups excluding carboxylic acids is 1. The first kappa shape index (κ1) is 19.1. The Balaban J connectivity index is 1.76. The minimum absolute atomic E-state index is 0.0571. The van der Waals surface area contributed by atoms with Crippen molar-refractivity contribution < 1.29 is 9.53 Å². The zero-order chi connectivity index (χ0) is 19.4. The standard InChI is InChI=1S/C19H19ClN4O2S/c1-12(14-4-3-5-15(20)10-14)21-17(25)11-24-18(22-23-19(24)27)13-6-8-16(26-2)9-7-13/h3-10,12H,11H2,1-2H3,(H,21,25)(H,23,27)/t12-/m1/s1. The lowest BCUT2D eigenvalue weighted by atomic mass is 10.1. The second kappa shape index (κ2) is 8.37. The van der Waals surface area contributed by atoms with Crippen molar-refractivity contribution >= 4 is 29.7 Å². The zero-order valence-electron chi connectivity index (χ0n) is 14.9. The molecule has 1 amide bonds. The van der Waals surface area contributed by atoms with E-state index in [1.165, 1.54) is 0 Å². The van der Waals surface area contributed by atoms with Crippen LogP contribution in [0.3, 0.4) is 0 Å². The molecule has 2 aromatic carbocycles. The molecule has 1 atom stereocenters. The molecular formula is C19H19ClN4O2S. The van der Waals surface area contributed by atoms with Gasteiger partial charge in [-0.25, -0.2) is 0 Å². The summed E-state index contributed by atoms with van der Waals surface area (Å²) in [5.41, 5.74) is 1.76. The Labute approximate surface area is 167 Å². The molecule has 0 radical (unpaired) electrons. The third-order valence-electron chi connectivity index (χ3n) is 4.13. The van der Waals surface area contributed by atoms with Crippen LogP contribution in [0.4, 0.5) is 0 Å². The van der Waals surface area contributed by atoms with E-state index >= 15 is 0 Å². The van der Waals surface area contributed by atoms with Crippen molar-refractivity contribution in [1.82, 2.24) is 20.1 Å². The highest BCUT2D eigenvalue weighted by Crippen LogP contribution is 2.21. The van der Waals surface area contributed by atoms with Gasteiger partial charge in [0.1, 0.15) is 12.3 Å². The van der Waals surface area contributed by atoms with Crippen molar-refractivity contribution in [3.63, 3.8) is 0 Å². The largest absolute Gasteiger partial charge is 0.497 e. The zero-order valence-corrected chi connectivity index (χ0v) is 16.5. The molecule has 0 saturated heterocycles. The molecule has 27 heavy (non-hydrogen) atoms. The summed E-state index contributed by atoms with van der Waals surface area (Å²) in [6.45, 7) is 1.96. The second-order valence-corrected chi connectivity index (χ2v) is 6.83. The highest BCUT2D eigenvalue weighted by atomic mass is 35.5.